The number of aromatic nitrogens is 2. The molecular formula is C16H19ClN4O4S. The summed E-state index contributed by atoms with van der Waals surface area (Å²) in [6, 6.07) is 5.76. The fourth-order valence-electron chi connectivity index (χ4n) is 1.99. The third kappa shape index (κ3) is 5.06. The van der Waals surface area contributed by atoms with Gasteiger partial charge in [0, 0.05) is 31.1 Å². The topological polar surface area (TPSA) is 103 Å². The van der Waals surface area contributed by atoms with Crippen molar-refractivity contribution >= 4 is 38.9 Å². The molecule has 10 heteroatoms. The molecule has 1 N–H and O–H groups in total. The summed E-state index contributed by atoms with van der Waals surface area (Å²) in [5, 5.41) is 10.6. The molecule has 0 aliphatic heterocycles. The molecule has 26 heavy (non-hydrogen) atoms. The number of oxime groups is 1. The molecule has 0 fully saturated rings. The van der Waals surface area contributed by atoms with Gasteiger partial charge >= 0.3 is 0 Å². The monoisotopic (exact) mass is 398 g/mol. The Kier molecular flexibility index (Phi) is 6.04. The van der Waals surface area contributed by atoms with Crippen molar-refractivity contribution in [2.45, 2.75) is 24.8 Å². The first-order chi connectivity index (χ1) is 12.1. The molecule has 0 unspecified atom stereocenters. The number of nitrogens with one attached hydrogen (secondary N) is 1. The van der Waals surface area contributed by atoms with E-state index < -0.39 is 15.7 Å². The standard InChI is InChI=1S/C16H19ClN4O4S/c1-10(2)25-20-15(16(22)18-14-7-8-21(3)19-14)11-5-6-13(12(17)9-11)26(4,23)24/h5-10H,1-4H3,(H,18,19,22)/b20-15-. The Hall–Kier alpha value is -2.39. The van der Waals surface area contributed by atoms with Crippen LogP contribution in [0.1, 0.15) is 19.4 Å². The van der Waals surface area contributed by atoms with Gasteiger partial charge < -0.3 is 10.2 Å². The minimum absolute atomic E-state index is 0.00659. The maximum atomic E-state index is 12.6. The van der Waals surface area contributed by atoms with Crippen LogP contribution in [0.15, 0.2) is 40.5 Å². The van der Waals surface area contributed by atoms with Gasteiger partial charge in [-0.3, -0.25) is 9.48 Å². The summed E-state index contributed by atoms with van der Waals surface area (Å²) in [7, 11) is -1.77. The predicted octanol–water partition coefficient (Wildman–Crippen LogP) is 2.24. The molecule has 0 radical (unpaired) electrons. The fraction of sp³-hybridized carbons (Fsp3) is 0.312. The summed E-state index contributed by atoms with van der Waals surface area (Å²) < 4.78 is 24.9. The highest BCUT2D eigenvalue weighted by Crippen LogP contribution is 2.23. The number of aryl methyl sites for hydroxylation is 1. The van der Waals surface area contributed by atoms with Crippen molar-refractivity contribution in [3.63, 3.8) is 0 Å². The number of amides is 1. The summed E-state index contributed by atoms with van der Waals surface area (Å²) >= 11 is 6.07. The molecule has 140 valence electrons. The molecule has 1 heterocycles. The van der Waals surface area contributed by atoms with Crippen LogP contribution >= 0.6 is 11.6 Å². The number of hydrogen-bond acceptors (Lipinski definition) is 6. The molecule has 0 saturated heterocycles. The lowest BCUT2D eigenvalue weighted by Gasteiger charge is -2.10. The second-order valence-corrected chi connectivity index (χ2v) is 8.23. The fourth-order valence-corrected chi connectivity index (χ4v) is 3.32. The summed E-state index contributed by atoms with van der Waals surface area (Å²) in [6.07, 6.45) is 2.48. The Bertz CT molecular complexity index is 951. The number of sulfone groups is 1. The largest absolute Gasteiger partial charge is 0.392 e. The third-order valence-electron chi connectivity index (χ3n) is 3.13. The van der Waals surface area contributed by atoms with Gasteiger partial charge in [0.05, 0.1) is 9.92 Å². The zero-order valence-corrected chi connectivity index (χ0v) is 16.3. The number of benzene rings is 1. The summed E-state index contributed by atoms with van der Waals surface area (Å²) in [5.41, 5.74) is 0.266. The zero-order valence-electron chi connectivity index (χ0n) is 14.7. The van der Waals surface area contributed by atoms with E-state index in [-0.39, 0.29) is 21.7 Å². The molecule has 0 aliphatic carbocycles. The van der Waals surface area contributed by atoms with Crippen LogP contribution in [0, 0.1) is 0 Å². The molecule has 0 bridgehead atoms. The van der Waals surface area contributed by atoms with Crippen molar-refractivity contribution in [2.24, 2.45) is 12.2 Å². The van der Waals surface area contributed by atoms with Crippen molar-refractivity contribution in [1.29, 1.82) is 0 Å². The number of nitrogens with zero attached hydrogens (tertiary/aromatic N) is 3. The van der Waals surface area contributed by atoms with Gasteiger partial charge in [-0.05, 0) is 26.0 Å². The first kappa shape index (κ1) is 19.9. The van der Waals surface area contributed by atoms with Gasteiger partial charge in [-0.1, -0.05) is 22.8 Å². The van der Waals surface area contributed by atoms with Gasteiger partial charge in [0.1, 0.15) is 6.10 Å². The van der Waals surface area contributed by atoms with E-state index in [1.54, 1.807) is 33.2 Å². The Balaban J connectivity index is 2.40. The van der Waals surface area contributed by atoms with E-state index in [4.69, 9.17) is 16.4 Å². The van der Waals surface area contributed by atoms with Crippen molar-refractivity contribution in [3.8, 4) is 0 Å². The van der Waals surface area contributed by atoms with Gasteiger partial charge in [-0.15, -0.1) is 0 Å². The molecule has 0 aliphatic rings. The van der Waals surface area contributed by atoms with E-state index in [0.717, 1.165) is 6.26 Å². The van der Waals surface area contributed by atoms with Crippen LogP contribution in [-0.2, 0) is 26.5 Å². The lowest BCUT2D eigenvalue weighted by Crippen LogP contribution is -2.25. The maximum Gasteiger partial charge on any atom is 0.279 e. The van der Waals surface area contributed by atoms with Crippen LogP contribution in [0.3, 0.4) is 0 Å². The maximum absolute atomic E-state index is 12.6. The summed E-state index contributed by atoms with van der Waals surface area (Å²) in [6.45, 7) is 3.52. The van der Waals surface area contributed by atoms with Crippen LogP contribution in [0.25, 0.3) is 0 Å². The van der Waals surface area contributed by atoms with E-state index in [9.17, 15) is 13.2 Å². The Morgan fingerprint density at radius 1 is 1.35 bits per heavy atom. The number of anilines is 1. The molecule has 2 rings (SSSR count). The average Bonchev–Trinajstić information content (AvgIpc) is 2.91. The molecule has 2 aromatic rings. The summed E-state index contributed by atoms with van der Waals surface area (Å²) in [4.78, 5) is 17.8. The SMILES string of the molecule is CC(C)O/N=C(\C(=O)Nc1ccn(C)n1)c1ccc(S(C)(=O)=O)c(Cl)c1. The first-order valence-electron chi connectivity index (χ1n) is 7.62. The van der Waals surface area contributed by atoms with E-state index in [1.807, 2.05) is 0 Å². The van der Waals surface area contributed by atoms with E-state index in [0.29, 0.717) is 11.4 Å². The first-order valence-corrected chi connectivity index (χ1v) is 9.89. The van der Waals surface area contributed by atoms with Crippen LogP contribution in [-0.4, -0.2) is 42.2 Å². The zero-order chi connectivity index (χ0) is 19.5. The van der Waals surface area contributed by atoms with E-state index in [2.05, 4.69) is 15.6 Å². The lowest BCUT2D eigenvalue weighted by molar-refractivity contribution is -0.110. The third-order valence-corrected chi connectivity index (χ3v) is 4.71. The van der Waals surface area contributed by atoms with Gasteiger partial charge in [0.15, 0.2) is 21.4 Å². The number of carbonyl (C=O) groups is 1. The van der Waals surface area contributed by atoms with Crippen LogP contribution in [0.4, 0.5) is 5.82 Å². The molecule has 0 atom stereocenters. The molecule has 0 saturated carbocycles. The molecule has 1 aromatic heterocycles. The number of rotatable bonds is 6. The highest BCUT2D eigenvalue weighted by atomic mass is 35.5. The van der Waals surface area contributed by atoms with Crippen LogP contribution in [0.2, 0.25) is 5.02 Å². The Morgan fingerprint density at radius 2 is 2.04 bits per heavy atom. The van der Waals surface area contributed by atoms with Gasteiger partial charge in [-0.25, -0.2) is 8.42 Å². The molecule has 1 aromatic carbocycles. The minimum atomic E-state index is -3.48. The van der Waals surface area contributed by atoms with Crippen molar-refractivity contribution in [3.05, 3.63) is 41.0 Å². The quantitative estimate of drug-likeness (QED) is 0.593. The van der Waals surface area contributed by atoms with Crippen molar-refractivity contribution in [1.82, 2.24) is 9.78 Å². The van der Waals surface area contributed by atoms with Gasteiger partial charge in [0.2, 0.25) is 0 Å². The smallest absolute Gasteiger partial charge is 0.279 e. The summed E-state index contributed by atoms with van der Waals surface area (Å²) in [5.74, 6) is -0.221. The highest BCUT2D eigenvalue weighted by Gasteiger charge is 2.20. The molecular weight excluding hydrogens is 380 g/mol. The minimum Gasteiger partial charge on any atom is -0.392 e. The van der Waals surface area contributed by atoms with Gasteiger partial charge in [-0.2, -0.15) is 5.10 Å². The number of halogens is 1. The second-order valence-electron chi connectivity index (χ2n) is 5.84. The predicted molar refractivity (Wildman–Crippen MR) is 99.2 cm³/mol. The number of carbonyl (C=O) groups excluding carboxylic acids is 1. The Labute approximate surface area is 156 Å². The molecule has 0 spiro atoms. The number of hydrogen-bond donors (Lipinski definition) is 1. The van der Waals surface area contributed by atoms with Crippen LogP contribution in [0.5, 0.6) is 0 Å². The normalized spacial score (nSPS) is 12.3. The average molecular weight is 399 g/mol. The van der Waals surface area contributed by atoms with Crippen LogP contribution < -0.4 is 5.32 Å². The lowest BCUT2D eigenvalue weighted by atomic mass is 10.1. The highest BCUT2D eigenvalue weighted by molar-refractivity contribution is 7.90. The Morgan fingerprint density at radius 3 is 2.54 bits per heavy atom. The van der Waals surface area contributed by atoms with E-state index in [1.165, 1.54) is 22.9 Å². The molecule has 8 nitrogen and oxygen atoms in total. The second kappa shape index (κ2) is 7.88. The van der Waals surface area contributed by atoms with Gasteiger partial charge in [0.25, 0.3) is 5.91 Å². The van der Waals surface area contributed by atoms with Crippen molar-refractivity contribution in [2.75, 3.05) is 11.6 Å². The van der Waals surface area contributed by atoms with E-state index >= 15 is 0 Å². The van der Waals surface area contributed by atoms with Crippen molar-refractivity contribution < 1.29 is 18.0 Å². The molecule has 1 amide bonds.